The van der Waals surface area contributed by atoms with E-state index in [0.717, 1.165) is 18.5 Å². The molecule has 2 heterocycles. The van der Waals surface area contributed by atoms with E-state index in [-0.39, 0.29) is 12.5 Å². The van der Waals surface area contributed by atoms with Crippen molar-refractivity contribution in [2.75, 3.05) is 12.4 Å². The summed E-state index contributed by atoms with van der Waals surface area (Å²) in [6.07, 6.45) is 4.03. The fraction of sp³-hybridized carbons (Fsp3) is 0.278. The number of aromatic nitrogens is 3. The van der Waals surface area contributed by atoms with Gasteiger partial charge in [0.1, 0.15) is 18.0 Å². The number of hydrogen-bond acceptors (Lipinski definition) is 5. The van der Waals surface area contributed by atoms with Crippen molar-refractivity contribution in [3.63, 3.8) is 0 Å². The Balaban J connectivity index is 1.47. The van der Waals surface area contributed by atoms with Gasteiger partial charge in [-0.25, -0.2) is 0 Å². The topological polar surface area (TPSA) is 82.2 Å². The lowest BCUT2D eigenvalue weighted by molar-refractivity contribution is -0.116. The van der Waals surface area contributed by atoms with Crippen LogP contribution < -0.4 is 10.1 Å². The summed E-state index contributed by atoms with van der Waals surface area (Å²) in [5.74, 6) is 2.08. The molecule has 1 aliphatic rings. The Morgan fingerprint density at radius 2 is 2.20 bits per heavy atom. The van der Waals surface area contributed by atoms with Gasteiger partial charge >= 0.3 is 0 Å². The van der Waals surface area contributed by atoms with Crippen LogP contribution in [0.4, 0.5) is 5.69 Å². The van der Waals surface area contributed by atoms with Crippen LogP contribution in [0.3, 0.4) is 0 Å². The molecule has 3 aromatic rings. The summed E-state index contributed by atoms with van der Waals surface area (Å²) in [6, 6.07) is 11.0. The first-order valence-electron chi connectivity index (χ1n) is 8.16. The molecule has 1 amide bonds. The maximum atomic E-state index is 12.3. The second kappa shape index (κ2) is 6.43. The zero-order valence-corrected chi connectivity index (χ0v) is 13.8. The highest BCUT2D eigenvalue weighted by Crippen LogP contribution is 2.39. The third-order valence-electron chi connectivity index (χ3n) is 4.08. The first kappa shape index (κ1) is 15.4. The SMILES string of the molecule is COc1cccc(NC(=O)Cn2cccc2-c2nnc(C3CC3)o2)c1. The second-order valence-electron chi connectivity index (χ2n) is 6.02. The number of hydrogen-bond donors (Lipinski definition) is 1. The highest BCUT2D eigenvalue weighted by Gasteiger charge is 2.29. The lowest BCUT2D eigenvalue weighted by atomic mass is 10.3. The largest absolute Gasteiger partial charge is 0.497 e. The number of methoxy groups -OCH3 is 1. The number of amides is 1. The minimum atomic E-state index is -0.146. The fourth-order valence-corrected chi connectivity index (χ4v) is 2.64. The summed E-state index contributed by atoms with van der Waals surface area (Å²) in [6.45, 7) is 0.153. The Morgan fingerprint density at radius 1 is 1.32 bits per heavy atom. The Morgan fingerprint density at radius 3 is 3.00 bits per heavy atom. The van der Waals surface area contributed by atoms with Gasteiger partial charge in [-0.1, -0.05) is 6.07 Å². The van der Waals surface area contributed by atoms with Crippen LogP contribution in [0.2, 0.25) is 0 Å². The third kappa shape index (κ3) is 3.40. The molecule has 7 nitrogen and oxygen atoms in total. The van der Waals surface area contributed by atoms with Crippen molar-refractivity contribution in [2.45, 2.75) is 25.3 Å². The predicted octanol–water partition coefficient (Wildman–Crippen LogP) is 3.06. The van der Waals surface area contributed by atoms with Crippen LogP contribution in [0.1, 0.15) is 24.7 Å². The van der Waals surface area contributed by atoms with Crippen molar-refractivity contribution in [3.05, 3.63) is 48.5 Å². The van der Waals surface area contributed by atoms with Gasteiger partial charge in [0.15, 0.2) is 0 Å². The number of carbonyl (C=O) groups excluding carboxylic acids is 1. The number of nitrogens with zero attached hydrogens (tertiary/aromatic N) is 3. The number of ether oxygens (including phenoxy) is 1. The molecule has 1 aromatic carbocycles. The molecule has 0 atom stereocenters. The zero-order chi connectivity index (χ0) is 17.2. The molecule has 1 aliphatic carbocycles. The van der Waals surface area contributed by atoms with Crippen molar-refractivity contribution < 1.29 is 13.9 Å². The Bertz CT molecular complexity index is 895. The second-order valence-corrected chi connectivity index (χ2v) is 6.02. The van der Waals surface area contributed by atoms with Crippen LogP contribution in [0.25, 0.3) is 11.6 Å². The first-order chi connectivity index (χ1) is 12.2. The van der Waals surface area contributed by atoms with E-state index in [1.807, 2.05) is 36.5 Å². The fourth-order valence-electron chi connectivity index (χ4n) is 2.64. The van der Waals surface area contributed by atoms with Crippen LogP contribution in [-0.4, -0.2) is 27.8 Å². The highest BCUT2D eigenvalue weighted by atomic mass is 16.5. The molecular weight excluding hydrogens is 320 g/mol. The average molecular weight is 338 g/mol. The van der Waals surface area contributed by atoms with E-state index in [9.17, 15) is 4.79 Å². The van der Waals surface area contributed by atoms with E-state index in [2.05, 4.69) is 15.5 Å². The molecule has 0 unspecified atom stereocenters. The van der Waals surface area contributed by atoms with E-state index in [1.165, 1.54) is 0 Å². The summed E-state index contributed by atoms with van der Waals surface area (Å²) >= 11 is 0. The van der Waals surface area contributed by atoms with E-state index < -0.39 is 0 Å². The molecule has 1 fully saturated rings. The smallest absolute Gasteiger partial charge is 0.264 e. The molecule has 0 saturated heterocycles. The van der Waals surface area contributed by atoms with Crippen LogP contribution in [0.15, 0.2) is 47.0 Å². The number of nitrogens with one attached hydrogen (secondary N) is 1. The van der Waals surface area contributed by atoms with Gasteiger partial charge in [-0.3, -0.25) is 4.79 Å². The molecule has 128 valence electrons. The van der Waals surface area contributed by atoms with Crippen LogP contribution in [0, 0.1) is 0 Å². The van der Waals surface area contributed by atoms with Gasteiger partial charge in [-0.15, -0.1) is 10.2 Å². The molecule has 7 heteroatoms. The molecule has 2 aromatic heterocycles. The van der Waals surface area contributed by atoms with Crippen molar-refractivity contribution in [1.29, 1.82) is 0 Å². The summed E-state index contributed by atoms with van der Waals surface area (Å²) < 4.78 is 12.7. The maximum absolute atomic E-state index is 12.3. The molecule has 0 bridgehead atoms. The minimum Gasteiger partial charge on any atom is -0.497 e. The van der Waals surface area contributed by atoms with Crippen LogP contribution in [0.5, 0.6) is 5.75 Å². The van der Waals surface area contributed by atoms with Gasteiger partial charge in [-0.05, 0) is 37.1 Å². The lowest BCUT2D eigenvalue weighted by Crippen LogP contribution is -2.18. The Kier molecular flexibility index (Phi) is 3.97. The summed E-state index contributed by atoms with van der Waals surface area (Å²) in [7, 11) is 1.59. The highest BCUT2D eigenvalue weighted by molar-refractivity contribution is 5.91. The molecule has 4 rings (SSSR count). The summed E-state index contributed by atoms with van der Waals surface area (Å²) in [5, 5.41) is 11.1. The maximum Gasteiger partial charge on any atom is 0.264 e. The van der Waals surface area contributed by atoms with Gasteiger partial charge in [0.25, 0.3) is 5.89 Å². The Labute approximate surface area is 144 Å². The van der Waals surface area contributed by atoms with Crippen molar-refractivity contribution in [2.24, 2.45) is 0 Å². The number of benzene rings is 1. The van der Waals surface area contributed by atoms with Crippen LogP contribution in [-0.2, 0) is 11.3 Å². The van der Waals surface area contributed by atoms with E-state index in [1.54, 1.807) is 17.7 Å². The molecule has 0 radical (unpaired) electrons. The predicted molar refractivity (Wildman–Crippen MR) is 91.3 cm³/mol. The van der Waals surface area contributed by atoms with Gasteiger partial charge in [-0.2, -0.15) is 0 Å². The summed E-state index contributed by atoms with van der Waals surface area (Å²) in [5.41, 5.74) is 1.42. The zero-order valence-electron chi connectivity index (χ0n) is 13.8. The molecule has 1 N–H and O–H groups in total. The van der Waals surface area contributed by atoms with Crippen molar-refractivity contribution in [1.82, 2.24) is 14.8 Å². The number of carbonyl (C=O) groups is 1. The number of anilines is 1. The Hall–Kier alpha value is -3.09. The van der Waals surface area contributed by atoms with E-state index in [4.69, 9.17) is 9.15 Å². The third-order valence-corrected chi connectivity index (χ3v) is 4.08. The minimum absolute atomic E-state index is 0.146. The van der Waals surface area contributed by atoms with Crippen molar-refractivity contribution in [3.8, 4) is 17.3 Å². The first-order valence-corrected chi connectivity index (χ1v) is 8.16. The molecule has 1 saturated carbocycles. The van der Waals surface area contributed by atoms with Gasteiger partial charge in [0, 0.05) is 23.9 Å². The molecule has 0 aliphatic heterocycles. The van der Waals surface area contributed by atoms with Gasteiger partial charge < -0.3 is 19.0 Å². The molecule has 0 spiro atoms. The van der Waals surface area contributed by atoms with E-state index in [0.29, 0.717) is 29.1 Å². The summed E-state index contributed by atoms with van der Waals surface area (Å²) in [4.78, 5) is 12.3. The molecule has 25 heavy (non-hydrogen) atoms. The van der Waals surface area contributed by atoms with Crippen LogP contribution >= 0.6 is 0 Å². The van der Waals surface area contributed by atoms with Crippen molar-refractivity contribution >= 4 is 11.6 Å². The lowest BCUT2D eigenvalue weighted by Gasteiger charge is -2.09. The van der Waals surface area contributed by atoms with Gasteiger partial charge in [0.05, 0.1) is 7.11 Å². The quantitative estimate of drug-likeness (QED) is 0.747. The monoisotopic (exact) mass is 338 g/mol. The van der Waals surface area contributed by atoms with Gasteiger partial charge in [0.2, 0.25) is 11.8 Å². The normalized spacial score (nSPS) is 13.6. The molecular formula is C18H18N4O3. The standard InChI is InChI=1S/C18H18N4O3/c1-24-14-5-2-4-13(10-14)19-16(23)11-22-9-3-6-15(22)18-21-20-17(25-18)12-7-8-12/h2-6,9-10,12H,7-8,11H2,1H3,(H,19,23). The van der Waals surface area contributed by atoms with E-state index >= 15 is 0 Å². The number of rotatable bonds is 6. The average Bonchev–Trinajstić information content (AvgIpc) is 3.17.